The van der Waals surface area contributed by atoms with Crippen LogP contribution in [0.4, 0.5) is 4.39 Å². The number of likely N-dealkylation sites (N-methyl/N-ethyl adjacent to an activating group) is 1. The van der Waals surface area contributed by atoms with Crippen LogP contribution < -0.4 is 4.74 Å². The van der Waals surface area contributed by atoms with E-state index < -0.39 is 5.82 Å². The van der Waals surface area contributed by atoms with Crippen molar-refractivity contribution in [2.75, 3.05) is 26.7 Å². The number of rotatable bonds is 7. The molecular weight excluding hydrogens is 619 g/mol. The van der Waals surface area contributed by atoms with Gasteiger partial charge in [-0.15, -0.1) is 0 Å². The maximum Gasteiger partial charge on any atom is 0.246 e. The Balaban J connectivity index is 1.41. The molecule has 2 fully saturated rings. The highest BCUT2D eigenvalue weighted by molar-refractivity contribution is 6.35. The van der Waals surface area contributed by atoms with Crippen molar-refractivity contribution in [2.45, 2.75) is 50.2 Å². The summed E-state index contributed by atoms with van der Waals surface area (Å²) in [5, 5.41) is 22.2. The zero-order chi connectivity index (χ0) is 32.8. The maximum atomic E-state index is 17.0. The van der Waals surface area contributed by atoms with E-state index in [9.17, 15) is 15.2 Å². The summed E-state index contributed by atoms with van der Waals surface area (Å²) in [6.45, 7) is 5.42. The van der Waals surface area contributed by atoms with Crippen LogP contribution in [-0.4, -0.2) is 74.2 Å². The van der Waals surface area contributed by atoms with E-state index in [1.165, 1.54) is 12.1 Å². The standard InChI is InChI=1S/C36H34ClFN6O3/c1-3-30(46)43-14-11-23(16-22(43)10-12-39)44-20-40-34-35(44)28-18-29(37)31(27-17-25(45)15-21-7-4-5-9-26(21)27)32(38)33(28)41-36(34)47-19-24-8-6-13-42(24)2/h3-5,7,9,15,17-18,20,22-24,45H,1,6,8,10-11,13-14,16,19H2,2H3/t22?,23?,24-/m0/s1. The largest absolute Gasteiger partial charge is 0.508 e. The first-order valence-electron chi connectivity index (χ1n) is 15.8. The van der Waals surface area contributed by atoms with Crippen LogP contribution in [0.25, 0.3) is 43.8 Å². The van der Waals surface area contributed by atoms with Gasteiger partial charge in [0.1, 0.15) is 17.9 Å². The molecule has 11 heteroatoms. The number of aromatic hydroxyl groups is 1. The number of carbonyl (C=O) groups excluding carboxylic acids is 1. The van der Waals surface area contributed by atoms with E-state index in [1.807, 2.05) is 28.8 Å². The van der Waals surface area contributed by atoms with Crippen molar-refractivity contribution in [1.82, 2.24) is 24.3 Å². The average molecular weight is 653 g/mol. The number of phenolic OH excluding ortho intramolecular Hbond substituents is 1. The number of ether oxygens (including phenoxy) is 1. The Morgan fingerprint density at radius 3 is 2.79 bits per heavy atom. The zero-order valence-corrected chi connectivity index (χ0v) is 26.8. The van der Waals surface area contributed by atoms with E-state index in [-0.39, 0.29) is 58.2 Å². The van der Waals surface area contributed by atoms with Crippen molar-refractivity contribution in [2.24, 2.45) is 0 Å². The molecule has 9 nitrogen and oxygen atoms in total. The Kier molecular flexibility index (Phi) is 8.20. The minimum Gasteiger partial charge on any atom is -0.508 e. The molecule has 7 rings (SSSR count). The molecule has 240 valence electrons. The second-order valence-corrected chi connectivity index (χ2v) is 12.8. The molecule has 4 heterocycles. The second kappa shape index (κ2) is 12.5. The summed E-state index contributed by atoms with van der Waals surface area (Å²) < 4.78 is 25.3. The minimum atomic E-state index is -0.630. The number of hydrogen-bond donors (Lipinski definition) is 1. The van der Waals surface area contributed by atoms with Gasteiger partial charge in [0, 0.05) is 35.6 Å². The molecule has 3 atom stereocenters. The number of pyridine rings is 1. The number of nitriles is 1. The average Bonchev–Trinajstić information content (AvgIpc) is 3.70. The fraction of sp³-hybridized carbons (Fsp3) is 0.333. The Morgan fingerprint density at radius 1 is 1.19 bits per heavy atom. The molecule has 0 bridgehead atoms. The Bertz CT molecular complexity index is 2090. The molecule has 0 aliphatic carbocycles. The third-order valence-electron chi connectivity index (χ3n) is 9.72. The van der Waals surface area contributed by atoms with Gasteiger partial charge in [0.05, 0.1) is 29.4 Å². The van der Waals surface area contributed by atoms with Crippen molar-refractivity contribution in [3.8, 4) is 28.8 Å². The number of halogens is 2. The number of fused-ring (bicyclic) bond motifs is 4. The molecule has 2 saturated heterocycles. The molecule has 2 unspecified atom stereocenters. The monoisotopic (exact) mass is 652 g/mol. The van der Waals surface area contributed by atoms with Crippen LogP contribution >= 0.6 is 11.6 Å². The number of piperidine rings is 1. The highest BCUT2D eigenvalue weighted by Gasteiger charge is 2.33. The number of hydrogen-bond acceptors (Lipinski definition) is 7. The molecule has 5 aromatic rings. The lowest BCUT2D eigenvalue weighted by atomic mass is 9.94. The predicted molar refractivity (Wildman–Crippen MR) is 180 cm³/mol. The predicted octanol–water partition coefficient (Wildman–Crippen LogP) is 7.01. The van der Waals surface area contributed by atoms with Crippen LogP contribution in [0.15, 0.2) is 61.4 Å². The first kappa shape index (κ1) is 30.9. The second-order valence-electron chi connectivity index (χ2n) is 12.4. The number of amides is 1. The van der Waals surface area contributed by atoms with Gasteiger partial charge < -0.3 is 24.2 Å². The SMILES string of the molecule is C=CC(=O)N1CCC(n2cnc3c(OC[C@@H]4CCCN4C)nc4c(F)c(-c5cc(O)cc6ccccc56)c(Cl)cc4c32)CC1CC#N. The fourth-order valence-corrected chi connectivity index (χ4v) is 7.61. The lowest BCUT2D eigenvalue weighted by Gasteiger charge is -2.38. The number of phenols is 1. The summed E-state index contributed by atoms with van der Waals surface area (Å²) in [5.74, 6) is -0.613. The Hall–Kier alpha value is -4.72. The number of aromatic nitrogens is 3. The summed E-state index contributed by atoms with van der Waals surface area (Å²) in [4.78, 5) is 26.0. The lowest BCUT2D eigenvalue weighted by Crippen LogP contribution is -2.45. The molecule has 0 saturated carbocycles. The van der Waals surface area contributed by atoms with E-state index in [0.29, 0.717) is 48.0 Å². The van der Waals surface area contributed by atoms with E-state index >= 15 is 4.39 Å². The summed E-state index contributed by atoms with van der Waals surface area (Å²) in [6.07, 6.45) is 6.34. The van der Waals surface area contributed by atoms with Crippen molar-refractivity contribution in [3.05, 3.63) is 72.3 Å². The van der Waals surface area contributed by atoms with E-state index in [0.717, 1.165) is 30.2 Å². The van der Waals surface area contributed by atoms with Gasteiger partial charge in [0.25, 0.3) is 0 Å². The quantitative estimate of drug-likeness (QED) is 0.189. The molecule has 3 aromatic carbocycles. The highest BCUT2D eigenvalue weighted by Crippen LogP contribution is 2.44. The van der Waals surface area contributed by atoms with Gasteiger partial charge in [0.2, 0.25) is 11.8 Å². The van der Waals surface area contributed by atoms with Crippen molar-refractivity contribution < 1.29 is 19.0 Å². The van der Waals surface area contributed by atoms with Gasteiger partial charge in [-0.1, -0.05) is 42.4 Å². The molecule has 2 aromatic heterocycles. The first-order valence-corrected chi connectivity index (χ1v) is 16.2. The van der Waals surface area contributed by atoms with Gasteiger partial charge in [-0.2, -0.15) is 5.26 Å². The van der Waals surface area contributed by atoms with Crippen molar-refractivity contribution >= 4 is 50.2 Å². The molecule has 47 heavy (non-hydrogen) atoms. The molecular formula is C36H34ClFN6O3. The number of nitrogens with zero attached hydrogens (tertiary/aromatic N) is 6. The van der Waals surface area contributed by atoms with Crippen LogP contribution in [0.5, 0.6) is 11.6 Å². The zero-order valence-electron chi connectivity index (χ0n) is 26.0. The van der Waals surface area contributed by atoms with Crippen molar-refractivity contribution in [3.63, 3.8) is 0 Å². The van der Waals surface area contributed by atoms with E-state index in [4.69, 9.17) is 26.3 Å². The third kappa shape index (κ3) is 5.43. The normalized spacial score (nSPS) is 20.2. The van der Waals surface area contributed by atoms with Crippen LogP contribution in [0.2, 0.25) is 5.02 Å². The topological polar surface area (TPSA) is 108 Å². The maximum absolute atomic E-state index is 17.0. The van der Waals surface area contributed by atoms with Gasteiger partial charge in [-0.05, 0) is 79.9 Å². The van der Waals surface area contributed by atoms with Gasteiger partial charge in [0.15, 0.2) is 11.3 Å². The highest BCUT2D eigenvalue weighted by atomic mass is 35.5. The molecule has 1 N–H and O–H groups in total. The van der Waals surface area contributed by atoms with Crippen LogP contribution in [0, 0.1) is 17.1 Å². The van der Waals surface area contributed by atoms with Crippen LogP contribution in [-0.2, 0) is 4.79 Å². The van der Waals surface area contributed by atoms with Crippen LogP contribution in [0.3, 0.4) is 0 Å². The van der Waals surface area contributed by atoms with Crippen molar-refractivity contribution in [1.29, 1.82) is 5.26 Å². The van der Waals surface area contributed by atoms with Gasteiger partial charge in [-0.3, -0.25) is 4.79 Å². The van der Waals surface area contributed by atoms with E-state index in [2.05, 4.69) is 24.6 Å². The number of imidazole rings is 1. The summed E-state index contributed by atoms with van der Waals surface area (Å²) in [5.41, 5.74) is 1.78. The Labute approximate surface area is 276 Å². The first-order chi connectivity index (χ1) is 22.8. The van der Waals surface area contributed by atoms with Crippen LogP contribution in [0.1, 0.15) is 38.1 Å². The third-order valence-corrected chi connectivity index (χ3v) is 10.0. The minimum absolute atomic E-state index is 0.00587. The lowest BCUT2D eigenvalue weighted by molar-refractivity contribution is -0.130. The molecule has 0 radical (unpaired) electrons. The number of benzene rings is 3. The molecule has 2 aliphatic rings. The summed E-state index contributed by atoms with van der Waals surface area (Å²) >= 11 is 6.93. The van der Waals surface area contributed by atoms with E-state index in [1.54, 1.807) is 23.4 Å². The number of carbonyl (C=O) groups is 1. The smallest absolute Gasteiger partial charge is 0.246 e. The Morgan fingerprint density at radius 2 is 2.02 bits per heavy atom. The van der Waals surface area contributed by atoms with Gasteiger partial charge in [-0.25, -0.2) is 14.4 Å². The molecule has 2 aliphatic heterocycles. The summed E-state index contributed by atoms with van der Waals surface area (Å²) in [7, 11) is 2.06. The fourth-order valence-electron chi connectivity index (χ4n) is 7.32. The molecule has 0 spiro atoms. The number of likely N-dealkylation sites (tertiary alicyclic amines) is 2. The molecule has 1 amide bonds. The summed E-state index contributed by atoms with van der Waals surface area (Å²) in [6, 6.07) is 14.3. The van der Waals surface area contributed by atoms with Gasteiger partial charge >= 0.3 is 0 Å².